The van der Waals surface area contributed by atoms with Crippen LogP contribution in [-0.4, -0.2) is 30.0 Å². The molecule has 0 saturated heterocycles. The molecule has 1 aliphatic rings. The van der Waals surface area contributed by atoms with Gasteiger partial charge in [-0.05, 0) is 42.0 Å². The molecule has 3 aromatic rings. The zero-order valence-corrected chi connectivity index (χ0v) is 15.6. The summed E-state index contributed by atoms with van der Waals surface area (Å²) in [5.41, 5.74) is 2.27. The Morgan fingerprint density at radius 2 is 1.69 bits per heavy atom. The van der Waals surface area contributed by atoms with E-state index in [-0.39, 0.29) is 11.8 Å². The van der Waals surface area contributed by atoms with Gasteiger partial charge in [0.25, 0.3) is 11.8 Å². The van der Waals surface area contributed by atoms with E-state index in [1.54, 1.807) is 54.9 Å². The van der Waals surface area contributed by atoms with Crippen molar-refractivity contribution in [2.75, 3.05) is 18.5 Å². The van der Waals surface area contributed by atoms with Crippen LogP contribution >= 0.6 is 0 Å². The highest BCUT2D eigenvalue weighted by Gasteiger charge is 2.14. The molecule has 0 unspecified atom stereocenters. The molecule has 1 aliphatic heterocycles. The minimum absolute atomic E-state index is 0.261. The summed E-state index contributed by atoms with van der Waals surface area (Å²) in [4.78, 5) is 29.0. The zero-order chi connectivity index (χ0) is 20.1. The third-order valence-electron chi connectivity index (χ3n) is 4.36. The lowest BCUT2D eigenvalue weighted by atomic mass is 10.1. The number of benzene rings is 2. The molecule has 0 radical (unpaired) electrons. The predicted molar refractivity (Wildman–Crippen MR) is 107 cm³/mol. The first-order valence-corrected chi connectivity index (χ1v) is 9.17. The Morgan fingerprint density at radius 1 is 0.897 bits per heavy atom. The minimum atomic E-state index is -0.316. The fourth-order valence-electron chi connectivity index (χ4n) is 2.91. The maximum absolute atomic E-state index is 12.6. The SMILES string of the molecule is O=C(NCc1cccnc1)c1cccc(C(=O)Nc2ccc3c(c2)OCCO3)c1. The van der Waals surface area contributed by atoms with Crippen molar-refractivity contribution in [3.05, 3.63) is 83.7 Å². The number of nitrogens with zero attached hydrogens (tertiary/aromatic N) is 1. The maximum Gasteiger partial charge on any atom is 0.255 e. The van der Waals surface area contributed by atoms with E-state index in [2.05, 4.69) is 15.6 Å². The lowest BCUT2D eigenvalue weighted by molar-refractivity contribution is 0.0951. The van der Waals surface area contributed by atoms with Crippen molar-refractivity contribution in [2.24, 2.45) is 0 Å². The van der Waals surface area contributed by atoms with Crippen LogP contribution in [0.15, 0.2) is 67.0 Å². The fourth-order valence-corrected chi connectivity index (χ4v) is 2.91. The molecule has 7 nitrogen and oxygen atoms in total. The molecule has 0 saturated carbocycles. The first-order valence-electron chi connectivity index (χ1n) is 9.17. The van der Waals surface area contributed by atoms with Crippen LogP contribution in [0.3, 0.4) is 0 Å². The molecular formula is C22H19N3O4. The summed E-state index contributed by atoms with van der Waals surface area (Å²) < 4.78 is 11.0. The number of amides is 2. The van der Waals surface area contributed by atoms with Crippen molar-refractivity contribution in [1.29, 1.82) is 0 Å². The Morgan fingerprint density at radius 3 is 2.48 bits per heavy atom. The number of ether oxygens (including phenoxy) is 2. The summed E-state index contributed by atoms with van der Waals surface area (Å²) in [5.74, 6) is 0.672. The van der Waals surface area contributed by atoms with Gasteiger partial charge in [-0.3, -0.25) is 14.6 Å². The number of aromatic nitrogens is 1. The Labute approximate surface area is 167 Å². The van der Waals surface area contributed by atoms with E-state index in [1.807, 2.05) is 12.1 Å². The number of hydrogen-bond acceptors (Lipinski definition) is 5. The Kier molecular flexibility index (Phi) is 5.38. The van der Waals surface area contributed by atoms with Gasteiger partial charge in [0, 0.05) is 41.8 Å². The lowest BCUT2D eigenvalue weighted by Crippen LogP contribution is -2.23. The van der Waals surface area contributed by atoms with Gasteiger partial charge in [0.15, 0.2) is 11.5 Å². The van der Waals surface area contributed by atoms with Crippen LogP contribution in [0, 0.1) is 0 Å². The Bertz CT molecular complexity index is 1040. The van der Waals surface area contributed by atoms with Crippen molar-refractivity contribution >= 4 is 17.5 Å². The van der Waals surface area contributed by atoms with Crippen molar-refractivity contribution in [3.8, 4) is 11.5 Å². The van der Waals surface area contributed by atoms with Crippen LogP contribution in [0.5, 0.6) is 11.5 Å². The highest BCUT2D eigenvalue weighted by atomic mass is 16.6. The second-order valence-corrected chi connectivity index (χ2v) is 6.44. The molecule has 29 heavy (non-hydrogen) atoms. The second-order valence-electron chi connectivity index (χ2n) is 6.44. The molecule has 7 heteroatoms. The van der Waals surface area contributed by atoms with Gasteiger partial charge in [-0.2, -0.15) is 0 Å². The Hall–Kier alpha value is -3.87. The molecule has 0 aliphatic carbocycles. The highest BCUT2D eigenvalue weighted by Crippen LogP contribution is 2.32. The number of anilines is 1. The number of hydrogen-bond donors (Lipinski definition) is 2. The van der Waals surface area contributed by atoms with Crippen molar-refractivity contribution in [1.82, 2.24) is 10.3 Å². The summed E-state index contributed by atoms with van der Waals surface area (Å²) in [6.07, 6.45) is 3.37. The van der Waals surface area contributed by atoms with Crippen LogP contribution < -0.4 is 20.1 Å². The van der Waals surface area contributed by atoms with E-state index in [0.717, 1.165) is 5.56 Å². The molecule has 0 atom stereocenters. The summed E-state index contributed by atoms with van der Waals surface area (Å²) >= 11 is 0. The van der Waals surface area contributed by atoms with Gasteiger partial charge in [-0.25, -0.2) is 0 Å². The summed E-state index contributed by atoms with van der Waals surface area (Å²) in [6, 6.07) is 15.5. The molecule has 0 bridgehead atoms. The van der Waals surface area contributed by atoms with Crippen LogP contribution in [0.25, 0.3) is 0 Å². The normalized spacial score (nSPS) is 12.1. The van der Waals surface area contributed by atoms with Crippen molar-refractivity contribution in [3.63, 3.8) is 0 Å². The lowest BCUT2D eigenvalue weighted by Gasteiger charge is -2.19. The van der Waals surface area contributed by atoms with E-state index in [4.69, 9.17) is 9.47 Å². The molecular weight excluding hydrogens is 370 g/mol. The summed E-state index contributed by atoms with van der Waals surface area (Å²) in [5, 5.41) is 5.64. The molecule has 2 amide bonds. The number of fused-ring (bicyclic) bond motifs is 1. The van der Waals surface area contributed by atoms with Crippen LogP contribution in [0.2, 0.25) is 0 Å². The molecule has 2 aromatic carbocycles. The highest BCUT2D eigenvalue weighted by molar-refractivity contribution is 6.06. The van der Waals surface area contributed by atoms with Crippen LogP contribution in [0.4, 0.5) is 5.69 Å². The average Bonchev–Trinajstić information content (AvgIpc) is 2.78. The van der Waals surface area contributed by atoms with Gasteiger partial charge in [0.2, 0.25) is 0 Å². The van der Waals surface area contributed by atoms with Gasteiger partial charge >= 0.3 is 0 Å². The van der Waals surface area contributed by atoms with E-state index in [1.165, 1.54) is 0 Å². The van der Waals surface area contributed by atoms with Crippen molar-refractivity contribution in [2.45, 2.75) is 6.54 Å². The third-order valence-corrected chi connectivity index (χ3v) is 4.36. The second kappa shape index (κ2) is 8.43. The smallest absolute Gasteiger partial charge is 0.255 e. The molecule has 2 heterocycles. The van der Waals surface area contributed by atoms with Crippen LogP contribution in [-0.2, 0) is 6.54 Å². The average molecular weight is 389 g/mol. The maximum atomic E-state index is 12.6. The number of nitrogens with one attached hydrogen (secondary N) is 2. The monoisotopic (exact) mass is 389 g/mol. The number of rotatable bonds is 5. The summed E-state index contributed by atoms with van der Waals surface area (Å²) in [6.45, 7) is 1.34. The number of carbonyl (C=O) groups excluding carboxylic acids is 2. The number of carbonyl (C=O) groups is 2. The largest absolute Gasteiger partial charge is 0.486 e. The molecule has 0 fully saturated rings. The van der Waals surface area contributed by atoms with E-state index < -0.39 is 0 Å². The molecule has 1 aromatic heterocycles. The first-order chi connectivity index (χ1) is 14.2. The van der Waals surface area contributed by atoms with Crippen molar-refractivity contribution < 1.29 is 19.1 Å². The quantitative estimate of drug-likeness (QED) is 0.700. The summed E-state index contributed by atoms with van der Waals surface area (Å²) in [7, 11) is 0. The molecule has 4 rings (SSSR count). The van der Waals surface area contributed by atoms with Gasteiger partial charge < -0.3 is 20.1 Å². The van der Waals surface area contributed by atoms with Gasteiger partial charge in [-0.15, -0.1) is 0 Å². The predicted octanol–water partition coefficient (Wildman–Crippen LogP) is 3.04. The van der Waals surface area contributed by atoms with Crippen LogP contribution in [0.1, 0.15) is 26.3 Å². The first kappa shape index (κ1) is 18.5. The van der Waals surface area contributed by atoms with E-state index in [0.29, 0.717) is 48.1 Å². The van der Waals surface area contributed by atoms with Gasteiger partial charge in [0.1, 0.15) is 13.2 Å². The van der Waals surface area contributed by atoms with Gasteiger partial charge in [0.05, 0.1) is 0 Å². The molecule has 0 spiro atoms. The Balaban J connectivity index is 1.42. The standard InChI is InChI=1S/C22H19N3O4/c26-21(24-14-15-3-2-8-23-13-15)16-4-1-5-17(11-16)22(27)25-18-6-7-19-20(12-18)29-10-9-28-19/h1-8,11-13H,9-10,14H2,(H,24,26)(H,25,27). The fraction of sp³-hybridized carbons (Fsp3) is 0.136. The topological polar surface area (TPSA) is 89.6 Å². The number of pyridine rings is 1. The van der Waals surface area contributed by atoms with Gasteiger partial charge in [-0.1, -0.05) is 12.1 Å². The minimum Gasteiger partial charge on any atom is -0.486 e. The zero-order valence-electron chi connectivity index (χ0n) is 15.6. The van der Waals surface area contributed by atoms with E-state index >= 15 is 0 Å². The van der Waals surface area contributed by atoms with E-state index in [9.17, 15) is 9.59 Å². The molecule has 146 valence electrons. The third kappa shape index (κ3) is 4.52. The molecule has 2 N–H and O–H groups in total.